The van der Waals surface area contributed by atoms with Crippen LogP contribution in [0.15, 0.2) is 53.4 Å². The molecule has 1 unspecified atom stereocenters. The smallest absolute Gasteiger partial charge is 0.251 e. The maximum atomic E-state index is 12.5. The van der Waals surface area contributed by atoms with Crippen molar-refractivity contribution in [3.05, 3.63) is 75.2 Å². The summed E-state index contributed by atoms with van der Waals surface area (Å²) < 4.78 is 0.676. The molecule has 0 spiro atoms. The fourth-order valence-corrected chi connectivity index (χ4v) is 3.26. The van der Waals surface area contributed by atoms with Gasteiger partial charge >= 0.3 is 0 Å². The molecule has 0 bridgehead atoms. The van der Waals surface area contributed by atoms with Crippen molar-refractivity contribution in [2.45, 2.75) is 12.8 Å². The third-order valence-electron chi connectivity index (χ3n) is 4.02. The molecule has 3 rings (SSSR count). The Morgan fingerprint density at radius 3 is 2.75 bits per heavy atom. The van der Waals surface area contributed by atoms with Crippen LogP contribution in [-0.2, 0) is 0 Å². The van der Waals surface area contributed by atoms with Crippen LogP contribution < -0.4 is 5.32 Å². The van der Waals surface area contributed by atoms with Crippen LogP contribution in [0.5, 0.6) is 0 Å². The van der Waals surface area contributed by atoms with Gasteiger partial charge in [-0.05, 0) is 30.3 Å². The van der Waals surface area contributed by atoms with E-state index in [9.17, 15) is 4.79 Å². The summed E-state index contributed by atoms with van der Waals surface area (Å²) in [7, 11) is 0. The lowest BCUT2D eigenvalue weighted by Crippen LogP contribution is -2.28. The van der Waals surface area contributed by atoms with E-state index in [0.29, 0.717) is 38.6 Å². The monoisotopic (exact) mass is 455 g/mol. The molecule has 28 heavy (non-hydrogen) atoms. The largest absolute Gasteiger partial charge is 0.351 e. The summed E-state index contributed by atoms with van der Waals surface area (Å²) in [6.07, 6.45) is 4.77. The van der Waals surface area contributed by atoms with E-state index < -0.39 is 0 Å². The highest BCUT2D eigenvalue weighted by atomic mass is 79.9. The zero-order valence-electron chi connectivity index (χ0n) is 14.9. The molecule has 6 nitrogen and oxygen atoms in total. The number of carbonyl (C=O) groups excluding carboxylic acids is 1. The maximum Gasteiger partial charge on any atom is 0.251 e. The first-order chi connectivity index (χ1) is 13.5. The van der Waals surface area contributed by atoms with Gasteiger partial charge in [0.05, 0.1) is 28.0 Å². The number of aromatic nitrogens is 3. The Morgan fingerprint density at radius 1 is 1.25 bits per heavy atom. The number of carbonyl (C=O) groups is 1. The Labute approximate surface area is 175 Å². The Kier molecular flexibility index (Phi) is 6.34. The van der Waals surface area contributed by atoms with Gasteiger partial charge in [-0.15, -0.1) is 0 Å². The second-order valence-corrected chi connectivity index (χ2v) is 7.46. The zero-order valence-corrected chi connectivity index (χ0v) is 17.2. The molecule has 1 aromatic carbocycles. The van der Waals surface area contributed by atoms with Crippen LogP contribution in [-0.4, -0.2) is 27.4 Å². The molecule has 1 N–H and O–H groups in total. The lowest BCUT2D eigenvalue weighted by Gasteiger charge is -2.15. The van der Waals surface area contributed by atoms with E-state index in [1.165, 1.54) is 0 Å². The van der Waals surface area contributed by atoms with Gasteiger partial charge in [-0.3, -0.25) is 19.7 Å². The van der Waals surface area contributed by atoms with Crippen molar-refractivity contribution in [2.75, 3.05) is 6.54 Å². The standard InChI is InChI=1S/C20H15BrClN5O/c1-12(10-27-20(28)14-6-13(9-23)7-15(21)8-14)18-19(25-5-4-24-18)17-3-2-16(22)11-26-17/h2-8,11-12H,10H2,1H3,(H,27,28). The van der Waals surface area contributed by atoms with Crippen molar-refractivity contribution >= 4 is 33.4 Å². The van der Waals surface area contributed by atoms with Gasteiger partial charge in [-0.2, -0.15) is 5.26 Å². The molecule has 1 amide bonds. The predicted molar refractivity (Wildman–Crippen MR) is 110 cm³/mol. The van der Waals surface area contributed by atoms with E-state index in [1.54, 1.807) is 48.9 Å². The highest BCUT2D eigenvalue weighted by molar-refractivity contribution is 9.10. The number of pyridine rings is 1. The number of amides is 1. The Morgan fingerprint density at radius 2 is 2.04 bits per heavy atom. The molecule has 0 radical (unpaired) electrons. The van der Waals surface area contributed by atoms with Gasteiger partial charge in [-0.1, -0.05) is 34.5 Å². The summed E-state index contributed by atoms with van der Waals surface area (Å²) in [6.45, 7) is 2.30. The number of hydrogen-bond donors (Lipinski definition) is 1. The van der Waals surface area contributed by atoms with Gasteiger partial charge in [0.15, 0.2) is 0 Å². The van der Waals surface area contributed by atoms with Gasteiger partial charge in [0.2, 0.25) is 0 Å². The predicted octanol–water partition coefficient (Wildman–Crippen LogP) is 4.36. The molecule has 2 aromatic heterocycles. The fraction of sp³-hybridized carbons (Fsp3) is 0.150. The van der Waals surface area contributed by atoms with Gasteiger partial charge in [0.25, 0.3) is 5.91 Å². The summed E-state index contributed by atoms with van der Waals surface area (Å²) in [5, 5.41) is 12.5. The first-order valence-corrected chi connectivity index (χ1v) is 9.56. The topological polar surface area (TPSA) is 91.6 Å². The van der Waals surface area contributed by atoms with E-state index in [-0.39, 0.29) is 11.8 Å². The van der Waals surface area contributed by atoms with E-state index >= 15 is 0 Å². The highest BCUT2D eigenvalue weighted by Gasteiger charge is 2.17. The van der Waals surface area contributed by atoms with Gasteiger partial charge < -0.3 is 5.32 Å². The van der Waals surface area contributed by atoms with E-state index in [2.05, 4.69) is 36.2 Å². The summed E-state index contributed by atoms with van der Waals surface area (Å²) in [5.41, 5.74) is 2.87. The van der Waals surface area contributed by atoms with E-state index in [4.69, 9.17) is 16.9 Å². The second kappa shape index (κ2) is 8.91. The molecule has 0 saturated heterocycles. The molecule has 0 aliphatic rings. The third-order valence-corrected chi connectivity index (χ3v) is 4.70. The number of benzene rings is 1. The molecule has 0 aliphatic heterocycles. The Hall–Kier alpha value is -2.82. The van der Waals surface area contributed by atoms with Crippen molar-refractivity contribution in [1.82, 2.24) is 20.3 Å². The van der Waals surface area contributed by atoms with E-state index in [1.807, 2.05) is 13.0 Å². The molecular formula is C20H15BrClN5O. The second-order valence-electron chi connectivity index (χ2n) is 6.10. The number of hydrogen-bond acceptors (Lipinski definition) is 5. The number of nitrogens with zero attached hydrogens (tertiary/aromatic N) is 4. The van der Waals surface area contributed by atoms with Crippen molar-refractivity contribution in [3.63, 3.8) is 0 Å². The minimum Gasteiger partial charge on any atom is -0.351 e. The van der Waals surface area contributed by atoms with Gasteiger partial charge in [0.1, 0.15) is 5.69 Å². The molecule has 3 aromatic rings. The van der Waals surface area contributed by atoms with Crippen LogP contribution in [0, 0.1) is 11.3 Å². The number of nitrogens with one attached hydrogen (secondary N) is 1. The first-order valence-electron chi connectivity index (χ1n) is 8.39. The molecule has 0 aliphatic carbocycles. The van der Waals surface area contributed by atoms with Crippen LogP contribution in [0.1, 0.15) is 34.5 Å². The fourth-order valence-electron chi connectivity index (χ4n) is 2.65. The summed E-state index contributed by atoms with van der Waals surface area (Å²) in [4.78, 5) is 25.6. The maximum absolute atomic E-state index is 12.5. The molecule has 0 fully saturated rings. The highest BCUT2D eigenvalue weighted by Crippen LogP contribution is 2.24. The molecule has 0 saturated carbocycles. The summed E-state index contributed by atoms with van der Waals surface area (Å²) in [6, 6.07) is 10.4. The number of halogens is 2. The number of rotatable bonds is 5. The normalized spacial score (nSPS) is 11.5. The van der Waals surface area contributed by atoms with E-state index in [0.717, 1.165) is 5.69 Å². The van der Waals surface area contributed by atoms with Crippen LogP contribution in [0.25, 0.3) is 11.4 Å². The summed E-state index contributed by atoms with van der Waals surface area (Å²) in [5.74, 6) is -0.368. The number of nitriles is 1. The molecule has 2 heterocycles. The molecule has 1 atom stereocenters. The van der Waals surface area contributed by atoms with Crippen LogP contribution in [0.3, 0.4) is 0 Å². The minimum atomic E-state index is -0.264. The van der Waals surface area contributed by atoms with Crippen LogP contribution >= 0.6 is 27.5 Å². The quantitative estimate of drug-likeness (QED) is 0.616. The third kappa shape index (κ3) is 4.71. The first kappa shape index (κ1) is 19.9. The average molecular weight is 457 g/mol. The summed E-state index contributed by atoms with van der Waals surface area (Å²) >= 11 is 9.22. The van der Waals surface area contributed by atoms with Crippen molar-refractivity contribution in [3.8, 4) is 17.5 Å². The van der Waals surface area contributed by atoms with Crippen LogP contribution in [0.2, 0.25) is 5.02 Å². The molecule has 140 valence electrons. The molecular weight excluding hydrogens is 442 g/mol. The van der Waals surface area contributed by atoms with Crippen molar-refractivity contribution in [1.29, 1.82) is 5.26 Å². The zero-order chi connectivity index (χ0) is 20.1. The lowest BCUT2D eigenvalue weighted by molar-refractivity contribution is 0.0951. The molecule has 8 heteroatoms. The van der Waals surface area contributed by atoms with Crippen molar-refractivity contribution < 1.29 is 4.79 Å². The average Bonchev–Trinajstić information content (AvgIpc) is 2.71. The Bertz CT molecular complexity index is 1050. The SMILES string of the molecule is CC(CNC(=O)c1cc(Br)cc(C#N)c1)c1nccnc1-c1ccc(Cl)cn1. The van der Waals surface area contributed by atoms with Crippen LogP contribution in [0.4, 0.5) is 0 Å². The van der Waals surface area contributed by atoms with Crippen molar-refractivity contribution in [2.24, 2.45) is 0 Å². The Balaban J connectivity index is 1.76. The van der Waals surface area contributed by atoms with Gasteiger partial charge in [-0.25, -0.2) is 0 Å². The lowest BCUT2D eigenvalue weighted by atomic mass is 10.0. The minimum absolute atomic E-state index is 0.104. The van der Waals surface area contributed by atoms with Gasteiger partial charge in [0, 0.05) is 41.1 Å².